The molecule has 0 aliphatic carbocycles. The molecule has 0 aliphatic rings. The molecule has 4 rings (SSSR count). The van der Waals surface area contributed by atoms with E-state index in [0.29, 0.717) is 0 Å². The number of imidazole rings is 1. The molecule has 0 aliphatic heterocycles. The topological polar surface area (TPSA) is 102 Å². The minimum atomic E-state index is -3.69. The normalized spacial score (nSPS) is 11.5. The number of halogens is 1. The van der Waals surface area contributed by atoms with E-state index in [9.17, 15) is 12.8 Å². The number of hydrogen-bond acceptors (Lipinski definition) is 5. The minimum absolute atomic E-state index is 0.0980. The smallest absolute Gasteiger partial charge is 0.238 e. The van der Waals surface area contributed by atoms with Crippen LogP contribution in [-0.4, -0.2) is 29.1 Å². The Morgan fingerprint density at radius 1 is 0.935 bits per heavy atom. The van der Waals surface area contributed by atoms with Gasteiger partial charge in [0.15, 0.2) is 5.16 Å². The van der Waals surface area contributed by atoms with Gasteiger partial charge in [-0.3, -0.25) is 4.98 Å². The number of aromatic nitrogens is 3. The van der Waals surface area contributed by atoms with Gasteiger partial charge >= 0.3 is 0 Å². The maximum atomic E-state index is 13.4. The van der Waals surface area contributed by atoms with Crippen molar-refractivity contribution in [3.63, 3.8) is 0 Å². The lowest BCUT2D eigenvalue weighted by Crippen LogP contribution is -2.11. The number of hydrogen-bond donors (Lipinski definition) is 2. The predicted molar refractivity (Wildman–Crippen MR) is 119 cm³/mol. The Hall–Kier alpha value is -3.01. The van der Waals surface area contributed by atoms with E-state index in [2.05, 4.69) is 9.97 Å². The fourth-order valence-corrected chi connectivity index (χ4v) is 4.45. The highest BCUT2D eigenvalue weighted by Crippen LogP contribution is 2.32. The molecule has 4 aromatic rings. The fourth-order valence-electron chi connectivity index (χ4n) is 3.08. The lowest BCUT2D eigenvalue weighted by molar-refractivity contribution is 0.597. The number of aryl methyl sites for hydroxylation is 1. The number of rotatable bonds is 7. The van der Waals surface area contributed by atoms with Crippen LogP contribution in [0.5, 0.6) is 0 Å². The maximum absolute atomic E-state index is 13.4. The van der Waals surface area contributed by atoms with E-state index < -0.39 is 10.0 Å². The van der Waals surface area contributed by atoms with Crippen molar-refractivity contribution in [2.24, 2.45) is 5.14 Å². The zero-order chi connectivity index (χ0) is 21.8. The lowest BCUT2D eigenvalue weighted by Gasteiger charge is -2.02. The minimum Gasteiger partial charge on any atom is -0.332 e. The number of nitrogens with zero attached hydrogens (tertiary/aromatic N) is 2. The molecule has 0 bridgehead atoms. The molecule has 0 fully saturated rings. The number of thioether (sulfide) groups is 1. The van der Waals surface area contributed by atoms with Crippen LogP contribution in [-0.2, 0) is 16.4 Å². The number of H-pyrrole nitrogens is 1. The second kappa shape index (κ2) is 9.01. The summed E-state index contributed by atoms with van der Waals surface area (Å²) in [5.74, 6) is 0.439. The van der Waals surface area contributed by atoms with Crippen LogP contribution in [0.25, 0.3) is 22.5 Å². The Bertz CT molecular complexity index is 1270. The Balaban J connectivity index is 1.53. The fraction of sp³-hybridized carbons (Fsp3) is 0.0909. The number of primary sulfonamides is 1. The van der Waals surface area contributed by atoms with Crippen molar-refractivity contribution in [2.75, 3.05) is 5.75 Å². The molecule has 0 saturated carbocycles. The van der Waals surface area contributed by atoms with Gasteiger partial charge in [-0.15, -0.1) is 0 Å². The van der Waals surface area contributed by atoms with Crippen molar-refractivity contribution in [1.82, 2.24) is 15.0 Å². The maximum Gasteiger partial charge on any atom is 0.238 e. The summed E-state index contributed by atoms with van der Waals surface area (Å²) < 4.78 is 36.1. The summed E-state index contributed by atoms with van der Waals surface area (Å²) in [6.07, 6.45) is 4.15. The van der Waals surface area contributed by atoms with Crippen LogP contribution in [0.2, 0.25) is 0 Å². The van der Waals surface area contributed by atoms with Gasteiger partial charge in [-0.25, -0.2) is 22.9 Å². The summed E-state index contributed by atoms with van der Waals surface area (Å²) in [7, 11) is -3.69. The number of nitrogens with two attached hydrogens (primary N) is 1. The van der Waals surface area contributed by atoms with Crippen LogP contribution >= 0.6 is 11.8 Å². The van der Waals surface area contributed by atoms with Crippen molar-refractivity contribution < 1.29 is 12.8 Å². The summed E-state index contributed by atoms with van der Waals surface area (Å²) in [5.41, 5.74) is 4.34. The van der Waals surface area contributed by atoms with Crippen LogP contribution < -0.4 is 5.14 Å². The molecule has 2 aromatic carbocycles. The third kappa shape index (κ3) is 5.19. The quantitative estimate of drug-likeness (QED) is 0.406. The van der Waals surface area contributed by atoms with Gasteiger partial charge in [0.2, 0.25) is 10.0 Å². The van der Waals surface area contributed by atoms with E-state index in [1.165, 1.54) is 24.3 Å². The van der Waals surface area contributed by atoms with Crippen molar-refractivity contribution in [2.45, 2.75) is 16.5 Å². The van der Waals surface area contributed by atoms with Gasteiger partial charge in [0.25, 0.3) is 0 Å². The molecule has 2 heterocycles. The summed E-state index contributed by atoms with van der Waals surface area (Å²) in [6.45, 7) is 0. The molecular weight excluding hydrogens is 435 g/mol. The van der Waals surface area contributed by atoms with Gasteiger partial charge in [0.05, 0.1) is 16.3 Å². The van der Waals surface area contributed by atoms with Crippen molar-refractivity contribution in [3.05, 3.63) is 84.4 Å². The Kier molecular flexibility index (Phi) is 6.17. The molecule has 0 radical (unpaired) electrons. The molecule has 3 N–H and O–H groups in total. The zero-order valence-electron chi connectivity index (χ0n) is 16.3. The van der Waals surface area contributed by atoms with Gasteiger partial charge in [0.1, 0.15) is 5.82 Å². The molecule has 6 nitrogen and oxygen atoms in total. The van der Waals surface area contributed by atoms with Gasteiger partial charge in [0, 0.05) is 29.3 Å². The second-order valence-corrected chi connectivity index (χ2v) is 9.44. The molecule has 0 saturated heterocycles. The number of nitrogens with one attached hydrogen (secondary N) is 1. The van der Waals surface area contributed by atoms with E-state index >= 15 is 0 Å². The first-order chi connectivity index (χ1) is 14.9. The standard InChI is InChI=1S/C22H19FN4O2S2/c23-18-5-3-16(4-6-18)20-21(17-9-12-25-13-10-17)27-22(26-20)30-14-11-15-1-7-19(8-2-15)31(24,28)29/h1-10,12-13H,11,14H2,(H,26,27)(H2,24,28,29). The van der Waals surface area contributed by atoms with Gasteiger partial charge in [-0.05, 0) is 60.5 Å². The molecular formula is C22H19FN4O2S2. The largest absolute Gasteiger partial charge is 0.332 e. The lowest BCUT2D eigenvalue weighted by atomic mass is 10.1. The predicted octanol–water partition coefficient (Wildman–Crippen LogP) is 4.26. The Labute approximate surface area is 183 Å². The van der Waals surface area contributed by atoms with E-state index in [1.807, 2.05) is 12.1 Å². The number of pyridine rings is 1. The molecule has 9 heteroatoms. The third-order valence-electron chi connectivity index (χ3n) is 4.65. The van der Waals surface area contributed by atoms with Crippen LogP contribution in [0.4, 0.5) is 4.39 Å². The van der Waals surface area contributed by atoms with E-state index in [4.69, 9.17) is 10.1 Å². The highest BCUT2D eigenvalue weighted by atomic mass is 32.2. The highest BCUT2D eigenvalue weighted by Gasteiger charge is 2.15. The monoisotopic (exact) mass is 454 g/mol. The summed E-state index contributed by atoms with van der Waals surface area (Å²) >= 11 is 1.55. The van der Waals surface area contributed by atoms with Crippen LogP contribution in [0.3, 0.4) is 0 Å². The SMILES string of the molecule is NS(=O)(=O)c1ccc(CCSc2nc(-c3ccc(F)cc3)c(-c3ccncc3)[nH]2)cc1. The third-order valence-corrected chi connectivity index (χ3v) is 6.45. The van der Waals surface area contributed by atoms with Crippen LogP contribution in [0, 0.1) is 5.82 Å². The van der Waals surface area contributed by atoms with Crippen molar-refractivity contribution in [1.29, 1.82) is 0 Å². The molecule has 0 unspecified atom stereocenters. The van der Waals surface area contributed by atoms with Gasteiger partial charge < -0.3 is 4.98 Å². The number of aromatic amines is 1. The van der Waals surface area contributed by atoms with E-state index in [-0.39, 0.29) is 10.7 Å². The summed E-state index contributed by atoms with van der Waals surface area (Å²) in [4.78, 5) is 12.3. The first-order valence-electron chi connectivity index (χ1n) is 9.41. The first kappa shape index (κ1) is 21.2. The van der Waals surface area contributed by atoms with Gasteiger partial charge in [-0.2, -0.15) is 0 Å². The average molecular weight is 455 g/mol. The first-order valence-corrected chi connectivity index (χ1v) is 11.9. The zero-order valence-corrected chi connectivity index (χ0v) is 18.0. The summed E-state index contributed by atoms with van der Waals surface area (Å²) in [6, 6.07) is 16.6. The molecule has 2 aromatic heterocycles. The highest BCUT2D eigenvalue weighted by molar-refractivity contribution is 7.99. The van der Waals surface area contributed by atoms with Crippen LogP contribution in [0.1, 0.15) is 5.56 Å². The van der Waals surface area contributed by atoms with Crippen molar-refractivity contribution in [3.8, 4) is 22.5 Å². The number of benzene rings is 2. The van der Waals surface area contributed by atoms with E-state index in [0.717, 1.165) is 45.4 Å². The molecule has 0 atom stereocenters. The average Bonchev–Trinajstić information content (AvgIpc) is 3.19. The summed E-state index contributed by atoms with van der Waals surface area (Å²) in [5, 5.41) is 5.88. The molecule has 0 amide bonds. The second-order valence-electron chi connectivity index (χ2n) is 6.80. The molecule has 31 heavy (non-hydrogen) atoms. The molecule has 0 spiro atoms. The van der Waals surface area contributed by atoms with Crippen LogP contribution in [0.15, 0.2) is 83.1 Å². The number of sulfonamides is 1. The van der Waals surface area contributed by atoms with Crippen molar-refractivity contribution >= 4 is 21.8 Å². The Morgan fingerprint density at radius 3 is 2.26 bits per heavy atom. The van der Waals surface area contributed by atoms with E-state index in [1.54, 1.807) is 48.4 Å². The Morgan fingerprint density at radius 2 is 1.61 bits per heavy atom. The van der Waals surface area contributed by atoms with Gasteiger partial charge in [-0.1, -0.05) is 23.9 Å². The molecule has 158 valence electrons.